The lowest BCUT2D eigenvalue weighted by molar-refractivity contribution is -0.114. The van der Waals surface area contributed by atoms with Crippen molar-refractivity contribution in [1.29, 1.82) is 5.41 Å². The number of benzene rings is 1. The number of hydrogen-bond acceptors (Lipinski definition) is 5. The quantitative estimate of drug-likeness (QED) is 0.119. The van der Waals surface area contributed by atoms with Crippen LogP contribution in [0, 0.1) is 5.41 Å². The van der Waals surface area contributed by atoms with E-state index in [0.717, 1.165) is 45.1 Å². The van der Waals surface area contributed by atoms with E-state index in [-0.39, 0.29) is 22.9 Å². The van der Waals surface area contributed by atoms with Gasteiger partial charge in [-0.05, 0) is 81.4 Å². The Labute approximate surface area is 185 Å². The van der Waals surface area contributed by atoms with Gasteiger partial charge >= 0.3 is 7.69 Å². The van der Waals surface area contributed by atoms with E-state index in [9.17, 15) is 4.79 Å². The number of guanidine groups is 1. The van der Waals surface area contributed by atoms with E-state index < -0.39 is 13.9 Å². The fraction of sp³-hybridized carbons (Fsp3) is 0.636. The summed E-state index contributed by atoms with van der Waals surface area (Å²) in [4.78, 5) is 12.7. The third kappa shape index (κ3) is 5.78. The maximum atomic E-state index is 12.7. The fourth-order valence-corrected chi connectivity index (χ4v) is 5.11. The van der Waals surface area contributed by atoms with Gasteiger partial charge in [0.2, 0.25) is 0 Å². The van der Waals surface area contributed by atoms with Gasteiger partial charge in [-0.1, -0.05) is 12.1 Å². The number of hydrogen-bond donors (Lipinski definition) is 5. The Morgan fingerprint density at radius 3 is 2.42 bits per heavy atom. The molecule has 0 aromatic heterocycles. The van der Waals surface area contributed by atoms with Crippen molar-refractivity contribution in [3.05, 3.63) is 35.4 Å². The van der Waals surface area contributed by atoms with Gasteiger partial charge in [0.1, 0.15) is 6.23 Å². The minimum absolute atomic E-state index is 0.0947. The summed E-state index contributed by atoms with van der Waals surface area (Å²) in [6.07, 6.45) is 7.28. The molecule has 8 nitrogen and oxygen atoms in total. The second-order valence-corrected chi connectivity index (χ2v) is 8.71. The smallest absolute Gasteiger partial charge is 0.430 e. The van der Waals surface area contributed by atoms with Crippen molar-refractivity contribution in [3.63, 3.8) is 0 Å². The standard InChI is InChI=1S/C22H35BN4O4/c1-2-30-22-12-9-21(10-13-22,11-14-22)17-7-5-16(6-8-17)19(28)27-18(31-23-29)4-3-15-26-20(24)25/h5-8,18,23,29H,2-4,9-15H2,1H3,(H,27,28)(H4,24,25,26)/t18-,21?,22?/m1/s1. The molecule has 170 valence electrons. The first-order valence-corrected chi connectivity index (χ1v) is 11.3. The molecule has 3 saturated carbocycles. The largest absolute Gasteiger partial charge is 0.436 e. The van der Waals surface area contributed by atoms with Crippen molar-refractivity contribution >= 4 is 19.6 Å². The fourth-order valence-electron chi connectivity index (χ4n) is 5.11. The van der Waals surface area contributed by atoms with Gasteiger partial charge in [0, 0.05) is 18.7 Å². The van der Waals surface area contributed by atoms with Crippen LogP contribution in [0.4, 0.5) is 0 Å². The van der Waals surface area contributed by atoms with Crippen molar-refractivity contribution < 1.29 is 19.2 Å². The van der Waals surface area contributed by atoms with E-state index in [1.54, 1.807) is 0 Å². The summed E-state index contributed by atoms with van der Waals surface area (Å²) in [5.74, 6) is -0.326. The average Bonchev–Trinajstić information content (AvgIpc) is 2.78. The molecule has 1 atom stereocenters. The zero-order valence-corrected chi connectivity index (χ0v) is 18.4. The van der Waals surface area contributed by atoms with Crippen molar-refractivity contribution in [2.24, 2.45) is 5.73 Å². The number of rotatable bonds is 11. The molecule has 1 amide bonds. The van der Waals surface area contributed by atoms with Gasteiger partial charge < -0.3 is 30.8 Å². The summed E-state index contributed by atoms with van der Waals surface area (Å²) in [6, 6.07) is 7.94. The van der Waals surface area contributed by atoms with Crippen LogP contribution in [0.5, 0.6) is 0 Å². The van der Waals surface area contributed by atoms with Crippen LogP contribution in [-0.4, -0.2) is 49.6 Å². The predicted molar refractivity (Wildman–Crippen MR) is 121 cm³/mol. The highest BCUT2D eigenvalue weighted by Crippen LogP contribution is 2.54. The number of carbonyl (C=O) groups excluding carboxylic acids is 1. The van der Waals surface area contributed by atoms with Gasteiger partial charge in [-0.15, -0.1) is 0 Å². The third-order valence-electron chi connectivity index (χ3n) is 6.91. The lowest BCUT2D eigenvalue weighted by Gasteiger charge is -2.53. The third-order valence-corrected chi connectivity index (χ3v) is 6.91. The molecule has 1 aromatic carbocycles. The highest BCUT2D eigenvalue weighted by Gasteiger charge is 2.49. The molecule has 6 N–H and O–H groups in total. The SMILES string of the molecule is CCOC12CCC(c3ccc(C(=O)N[C@@H](CCCNC(=N)N)OBO)cc3)(CC1)CC2. The van der Waals surface area contributed by atoms with Crippen molar-refractivity contribution in [2.75, 3.05) is 13.2 Å². The molecule has 3 fully saturated rings. The molecule has 3 aliphatic carbocycles. The molecule has 3 aliphatic rings. The van der Waals surface area contributed by atoms with Gasteiger partial charge in [-0.25, -0.2) is 0 Å². The molecule has 1 aromatic rings. The molecule has 2 bridgehead atoms. The molecule has 4 rings (SSSR count). The van der Waals surface area contributed by atoms with Crippen LogP contribution in [0.25, 0.3) is 0 Å². The zero-order chi connectivity index (χ0) is 22.3. The van der Waals surface area contributed by atoms with E-state index in [1.807, 2.05) is 12.1 Å². The van der Waals surface area contributed by atoms with Crippen molar-refractivity contribution in [3.8, 4) is 0 Å². The monoisotopic (exact) mass is 430 g/mol. The normalized spacial score (nSPS) is 25.6. The summed E-state index contributed by atoms with van der Waals surface area (Å²) < 4.78 is 11.3. The maximum Gasteiger partial charge on any atom is 0.436 e. The number of fused-ring (bicyclic) bond motifs is 3. The second kappa shape index (κ2) is 10.5. The summed E-state index contributed by atoms with van der Waals surface area (Å²) in [6.45, 7) is 3.36. The van der Waals surface area contributed by atoms with Crippen LogP contribution in [0.3, 0.4) is 0 Å². The van der Waals surface area contributed by atoms with Crippen LogP contribution < -0.4 is 16.4 Å². The van der Waals surface area contributed by atoms with Crippen molar-refractivity contribution in [2.45, 2.75) is 75.5 Å². The summed E-state index contributed by atoms with van der Waals surface area (Å²) >= 11 is 0. The van der Waals surface area contributed by atoms with Gasteiger partial charge in [0.05, 0.1) is 5.60 Å². The minimum atomic E-state index is -0.604. The Morgan fingerprint density at radius 1 is 1.23 bits per heavy atom. The van der Waals surface area contributed by atoms with Crippen molar-refractivity contribution in [1.82, 2.24) is 10.6 Å². The second-order valence-electron chi connectivity index (χ2n) is 8.71. The number of amides is 1. The Morgan fingerprint density at radius 2 is 1.87 bits per heavy atom. The topological polar surface area (TPSA) is 130 Å². The molecule has 0 radical (unpaired) electrons. The Balaban J connectivity index is 1.56. The minimum Gasteiger partial charge on any atom is -0.430 e. The van der Waals surface area contributed by atoms with Crippen LogP contribution in [0.15, 0.2) is 24.3 Å². The number of nitrogens with two attached hydrogens (primary N) is 1. The molecule has 0 unspecified atom stereocenters. The lowest BCUT2D eigenvalue weighted by atomic mass is 9.56. The molecule has 0 aliphatic heterocycles. The Hall–Kier alpha value is -2.10. The van der Waals surface area contributed by atoms with E-state index in [1.165, 1.54) is 5.56 Å². The number of nitrogens with one attached hydrogen (secondary N) is 3. The Kier molecular flexibility index (Phi) is 7.97. The van der Waals surface area contributed by atoms with Gasteiger partial charge in [-0.3, -0.25) is 10.2 Å². The zero-order valence-electron chi connectivity index (χ0n) is 18.4. The molecule has 31 heavy (non-hydrogen) atoms. The first-order chi connectivity index (χ1) is 14.9. The molecule has 9 heteroatoms. The van der Waals surface area contributed by atoms with E-state index >= 15 is 0 Å². The van der Waals surface area contributed by atoms with E-state index in [4.69, 9.17) is 25.6 Å². The van der Waals surface area contributed by atoms with Crippen LogP contribution in [0.2, 0.25) is 0 Å². The molecule has 0 spiro atoms. The van der Waals surface area contributed by atoms with Crippen LogP contribution in [0.1, 0.15) is 74.2 Å². The average molecular weight is 430 g/mol. The summed E-state index contributed by atoms with van der Waals surface area (Å²) in [5, 5.41) is 21.8. The van der Waals surface area contributed by atoms with E-state index in [2.05, 4.69) is 29.7 Å². The van der Waals surface area contributed by atoms with Gasteiger partial charge in [0.15, 0.2) is 5.96 Å². The number of ether oxygens (including phenoxy) is 1. The van der Waals surface area contributed by atoms with Gasteiger partial charge in [-0.2, -0.15) is 0 Å². The lowest BCUT2D eigenvalue weighted by Crippen LogP contribution is -2.49. The first-order valence-electron chi connectivity index (χ1n) is 11.3. The van der Waals surface area contributed by atoms with Gasteiger partial charge in [0.25, 0.3) is 5.91 Å². The maximum absolute atomic E-state index is 12.7. The highest BCUT2D eigenvalue weighted by atomic mass is 16.5. The molecular weight excluding hydrogens is 395 g/mol. The highest BCUT2D eigenvalue weighted by molar-refractivity contribution is 6.16. The predicted octanol–water partition coefficient (Wildman–Crippen LogP) is 1.66. The van der Waals surface area contributed by atoms with Crippen LogP contribution >= 0.6 is 0 Å². The summed E-state index contributed by atoms with van der Waals surface area (Å²) in [5.41, 5.74) is 7.45. The van der Waals surface area contributed by atoms with E-state index in [0.29, 0.717) is 24.9 Å². The summed E-state index contributed by atoms with van der Waals surface area (Å²) in [7, 11) is -0.476. The molecular formula is C22H35BN4O4. The first kappa shape index (κ1) is 23.6. The molecule has 0 heterocycles. The Bertz CT molecular complexity index is 734. The number of carbonyl (C=O) groups is 1. The molecule has 0 saturated heterocycles. The van der Waals surface area contributed by atoms with Crippen LogP contribution in [-0.2, 0) is 14.8 Å².